The Kier molecular flexibility index (Phi) is 9.22. The maximum atomic E-state index is 13.1. The molecule has 0 saturated carbocycles. The molecular weight excluding hydrogens is 430 g/mol. The van der Waals surface area contributed by atoms with Crippen LogP contribution in [0.15, 0.2) is 48.5 Å². The molecule has 0 bridgehead atoms. The number of nitrogens with one attached hydrogen (secondary N) is 2. The zero-order chi connectivity index (χ0) is 24.5. The van der Waals surface area contributed by atoms with E-state index in [1.165, 1.54) is 0 Å². The Labute approximate surface area is 201 Å². The van der Waals surface area contributed by atoms with Crippen molar-refractivity contribution in [3.05, 3.63) is 70.8 Å². The fourth-order valence-electron chi connectivity index (χ4n) is 4.40. The third-order valence-corrected chi connectivity index (χ3v) is 6.46. The van der Waals surface area contributed by atoms with E-state index in [2.05, 4.69) is 10.6 Å². The average molecular weight is 466 g/mol. The summed E-state index contributed by atoms with van der Waals surface area (Å²) in [5, 5.41) is 5.92. The molecule has 7 nitrogen and oxygen atoms in total. The second-order valence-corrected chi connectivity index (χ2v) is 8.85. The number of likely N-dealkylation sites (tertiary alicyclic amines) is 1. The molecule has 1 unspecified atom stereocenters. The van der Waals surface area contributed by atoms with Crippen molar-refractivity contribution in [2.75, 3.05) is 33.4 Å². The van der Waals surface area contributed by atoms with Gasteiger partial charge in [-0.1, -0.05) is 36.4 Å². The lowest BCUT2D eigenvalue weighted by atomic mass is 9.88. The van der Waals surface area contributed by atoms with Gasteiger partial charge in [-0.15, -0.1) is 0 Å². The summed E-state index contributed by atoms with van der Waals surface area (Å²) in [4.78, 5) is 41.0. The van der Waals surface area contributed by atoms with Gasteiger partial charge in [0.2, 0.25) is 5.91 Å². The lowest BCUT2D eigenvalue weighted by Gasteiger charge is -2.36. The molecule has 0 aliphatic carbocycles. The third kappa shape index (κ3) is 6.44. The number of ether oxygens (including phenoxy) is 1. The van der Waals surface area contributed by atoms with Gasteiger partial charge in [0.25, 0.3) is 11.8 Å². The largest absolute Gasteiger partial charge is 0.385 e. The highest BCUT2D eigenvalue weighted by Crippen LogP contribution is 2.24. The minimum absolute atomic E-state index is 0.0149. The minimum atomic E-state index is -0.662. The Balaban J connectivity index is 1.68. The van der Waals surface area contributed by atoms with Gasteiger partial charge in [0.15, 0.2) is 0 Å². The van der Waals surface area contributed by atoms with Crippen molar-refractivity contribution in [3.8, 4) is 0 Å². The number of methoxy groups -OCH3 is 1. The molecule has 1 aliphatic rings. The van der Waals surface area contributed by atoms with Crippen LogP contribution >= 0.6 is 0 Å². The van der Waals surface area contributed by atoms with Crippen molar-refractivity contribution in [1.29, 1.82) is 0 Å². The Bertz CT molecular complexity index is 999. The third-order valence-electron chi connectivity index (χ3n) is 6.46. The molecule has 182 valence electrons. The summed E-state index contributed by atoms with van der Waals surface area (Å²) in [6.45, 7) is 5.94. The van der Waals surface area contributed by atoms with E-state index >= 15 is 0 Å². The van der Waals surface area contributed by atoms with E-state index in [0.29, 0.717) is 56.6 Å². The first-order chi connectivity index (χ1) is 16.4. The zero-order valence-corrected chi connectivity index (χ0v) is 20.3. The monoisotopic (exact) mass is 465 g/mol. The number of hydrogen-bond acceptors (Lipinski definition) is 4. The number of carbonyl (C=O) groups is 3. The number of hydrogen-bond donors (Lipinski definition) is 2. The molecule has 0 spiro atoms. The molecule has 2 aromatic rings. The lowest BCUT2D eigenvalue weighted by molar-refractivity contribution is -0.124. The lowest BCUT2D eigenvalue weighted by Crippen LogP contribution is -2.54. The van der Waals surface area contributed by atoms with E-state index in [9.17, 15) is 14.4 Å². The Morgan fingerprint density at radius 1 is 0.971 bits per heavy atom. The molecule has 2 aromatic carbocycles. The topological polar surface area (TPSA) is 87.7 Å². The van der Waals surface area contributed by atoms with Crippen LogP contribution in [-0.4, -0.2) is 62.0 Å². The highest BCUT2D eigenvalue weighted by Gasteiger charge is 2.34. The average Bonchev–Trinajstić information content (AvgIpc) is 2.85. The Morgan fingerprint density at radius 3 is 2.15 bits per heavy atom. The maximum Gasteiger partial charge on any atom is 0.254 e. The minimum Gasteiger partial charge on any atom is -0.385 e. The summed E-state index contributed by atoms with van der Waals surface area (Å²) in [6, 6.07) is 14.3. The van der Waals surface area contributed by atoms with Gasteiger partial charge in [-0.3, -0.25) is 14.4 Å². The van der Waals surface area contributed by atoms with Gasteiger partial charge in [-0.2, -0.15) is 0 Å². The molecule has 1 saturated heterocycles. The van der Waals surface area contributed by atoms with E-state index in [4.69, 9.17) is 4.74 Å². The normalized spacial score (nSPS) is 15.0. The molecule has 1 aliphatic heterocycles. The molecule has 1 heterocycles. The van der Waals surface area contributed by atoms with Crippen LogP contribution < -0.4 is 10.6 Å². The summed E-state index contributed by atoms with van der Waals surface area (Å²) in [6.07, 6.45) is 1.98. The Morgan fingerprint density at radius 2 is 1.56 bits per heavy atom. The second-order valence-electron chi connectivity index (χ2n) is 8.85. The first-order valence-corrected chi connectivity index (χ1v) is 11.9. The molecule has 34 heavy (non-hydrogen) atoms. The number of amides is 3. The molecule has 0 aromatic heterocycles. The van der Waals surface area contributed by atoms with Gasteiger partial charge in [-0.05, 0) is 62.3 Å². The Hall–Kier alpha value is -3.19. The number of benzene rings is 2. The number of aryl methyl sites for hydroxylation is 2. The number of carbonyl (C=O) groups excluding carboxylic acids is 3. The molecule has 0 radical (unpaired) electrons. The zero-order valence-electron chi connectivity index (χ0n) is 20.3. The van der Waals surface area contributed by atoms with E-state index in [-0.39, 0.29) is 23.6 Å². The van der Waals surface area contributed by atoms with Crippen LogP contribution in [0, 0.1) is 19.8 Å². The van der Waals surface area contributed by atoms with Gasteiger partial charge in [0.05, 0.1) is 0 Å². The van der Waals surface area contributed by atoms with Crippen molar-refractivity contribution in [1.82, 2.24) is 15.5 Å². The van der Waals surface area contributed by atoms with Gasteiger partial charge in [0.1, 0.15) is 6.04 Å². The smallest absolute Gasteiger partial charge is 0.254 e. The molecule has 3 rings (SSSR count). The first-order valence-electron chi connectivity index (χ1n) is 11.9. The van der Waals surface area contributed by atoms with E-state index in [0.717, 1.165) is 11.1 Å². The predicted molar refractivity (Wildman–Crippen MR) is 132 cm³/mol. The summed E-state index contributed by atoms with van der Waals surface area (Å²) < 4.78 is 5.06. The summed E-state index contributed by atoms with van der Waals surface area (Å²) in [7, 11) is 1.62. The van der Waals surface area contributed by atoms with Crippen molar-refractivity contribution in [2.45, 2.75) is 39.2 Å². The quantitative estimate of drug-likeness (QED) is 0.557. The van der Waals surface area contributed by atoms with E-state index < -0.39 is 6.04 Å². The predicted octanol–water partition coefficient (Wildman–Crippen LogP) is 3.11. The summed E-state index contributed by atoms with van der Waals surface area (Å²) in [5.74, 6) is -0.493. The maximum absolute atomic E-state index is 13.1. The highest BCUT2D eigenvalue weighted by atomic mass is 16.5. The van der Waals surface area contributed by atoms with Crippen molar-refractivity contribution in [2.24, 2.45) is 5.92 Å². The van der Waals surface area contributed by atoms with Gasteiger partial charge in [-0.25, -0.2) is 0 Å². The van der Waals surface area contributed by atoms with Crippen molar-refractivity contribution in [3.63, 3.8) is 0 Å². The molecular formula is C27H35N3O4. The number of nitrogens with zero attached hydrogens (tertiary/aromatic N) is 1. The van der Waals surface area contributed by atoms with Crippen molar-refractivity contribution >= 4 is 17.7 Å². The molecule has 1 atom stereocenters. The van der Waals surface area contributed by atoms with Crippen LogP contribution in [0.4, 0.5) is 0 Å². The van der Waals surface area contributed by atoms with Gasteiger partial charge >= 0.3 is 0 Å². The fraction of sp³-hybridized carbons (Fsp3) is 0.444. The van der Waals surface area contributed by atoms with Crippen LogP contribution in [0.5, 0.6) is 0 Å². The molecule has 7 heteroatoms. The summed E-state index contributed by atoms with van der Waals surface area (Å²) in [5.41, 5.74) is 3.08. The molecule has 3 amide bonds. The van der Waals surface area contributed by atoms with Crippen molar-refractivity contribution < 1.29 is 19.1 Å². The number of piperidine rings is 1. The standard InChI is InChI=1S/C27H35N3O4/c1-19-9-4-6-11-22(19)25(31)29-24(26(32)28-15-8-18-34-3)21-13-16-30(17-14-21)27(33)23-12-7-5-10-20(23)2/h4-7,9-12,21,24H,8,13-18H2,1-3H3,(H,28,32)(H,29,31). The van der Waals surface area contributed by atoms with E-state index in [1.54, 1.807) is 13.2 Å². The SMILES string of the molecule is COCCCNC(=O)C(NC(=O)c1ccccc1C)C1CCN(C(=O)c2ccccc2C)CC1. The second kappa shape index (κ2) is 12.3. The van der Waals surface area contributed by atoms with Crippen LogP contribution in [0.25, 0.3) is 0 Å². The molecule has 1 fully saturated rings. The fourth-order valence-corrected chi connectivity index (χ4v) is 4.40. The van der Waals surface area contributed by atoms with Crippen LogP contribution in [0.3, 0.4) is 0 Å². The summed E-state index contributed by atoms with van der Waals surface area (Å²) >= 11 is 0. The van der Waals surface area contributed by atoms with Crippen LogP contribution in [-0.2, 0) is 9.53 Å². The van der Waals surface area contributed by atoms with Crippen LogP contribution in [0.1, 0.15) is 51.1 Å². The highest BCUT2D eigenvalue weighted by molar-refractivity contribution is 5.99. The van der Waals surface area contributed by atoms with E-state index in [1.807, 2.05) is 61.2 Å². The molecule has 2 N–H and O–H groups in total. The number of rotatable bonds is 9. The van der Waals surface area contributed by atoms with Crippen LogP contribution in [0.2, 0.25) is 0 Å². The first kappa shape index (κ1) is 25.4. The van der Waals surface area contributed by atoms with Gasteiger partial charge in [0, 0.05) is 44.5 Å². The van der Waals surface area contributed by atoms with Gasteiger partial charge < -0.3 is 20.3 Å².